The molecule has 2 rings (SSSR count). The standard InChI is InChI=1S/C19H22N2O5S/c1-3-26-19(23)16-11-7-8-12-17(16)20-18(22)13-14-27(24,25)21(2)15-9-5-4-6-10-15/h4-12H,3,13-14H2,1-2H3,(H,20,22). The molecule has 2 aromatic carbocycles. The molecule has 0 aromatic heterocycles. The molecule has 0 atom stereocenters. The van der Waals surface area contributed by atoms with Crippen LogP contribution < -0.4 is 9.62 Å². The third-order valence-corrected chi connectivity index (χ3v) is 5.59. The Bertz CT molecular complexity index is 897. The van der Waals surface area contributed by atoms with Crippen LogP contribution in [0.1, 0.15) is 23.7 Å². The Balaban J connectivity index is 2.02. The van der Waals surface area contributed by atoms with Crippen LogP contribution in [0, 0.1) is 0 Å². The van der Waals surface area contributed by atoms with Gasteiger partial charge in [-0.1, -0.05) is 30.3 Å². The van der Waals surface area contributed by atoms with Crippen molar-refractivity contribution in [3.05, 3.63) is 60.2 Å². The first-order valence-electron chi connectivity index (χ1n) is 8.43. The average Bonchev–Trinajstić information content (AvgIpc) is 2.67. The number of carbonyl (C=O) groups excluding carboxylic acids is 2. The number of esters is 1. The van der Waals surface area contributed by atoms with E-state index in [2.05, 4.69) is 5.32 Å². The van der Waals surface area contributed by atoms with Gasteiger partial charge in [0, 0.05) is 13.5 Å². The van der Waals surface area contributed by atoms with Gasteiger partial charge in [0.05, 0.1) is 29.3 Å². The summed E-state index contributed by atoms with van der Waals surface area (Å²) >= 11 is 0. The van der Waals surface area contributed by atoms with E-state index in [1.165, 1.54) is 13.1 Å². The van der Waals surface area contributed by atoms with E-state index in [1.807, 2.05) is 0 Å². The highest BCUT2D eigenvalue weighted by atomic mass is 32.2. The maximum atomic E-state index is 12.4. The van der Waals surface area contributed by atoms with Gasteiger partial charge in [-0.15, -0.1) is 0 Å². The zero-order valence-electron chi connectivity index (χ0n) is 15.2. The number of ether oxygens (including phenoxy) is 1. The lowest BCUT2D eigenvalue weighted by molar-refractivity contribution is -0.115. The second-order valence-corrected chi connectivity index (χ2v) is 7.80. The Morgan fingerprint density at radius 1 is 1.04 bits per heavy atom. The van der Waals surface area contributed by atoms with Crippen molar-refractivity contribution < 1.29 is 22.7 Å². The van der Waals surface area contributed by atoms with E-state index in [0.717, 1.165) is 4.31 Å². The van der Waals surface area contributed by atoms with E-state index in [9.17, 15) is 18.0 Å². The molecule has 0 heterocycles. The van der Waals surface area contributed by atoms with Gasteiger partial charge >= 0.3 is 5.97 Å². The lowest BCUT2D eigenvalue weighted by Crippen LogP contribution is -2.30. The monoisotopic (exact) mass is 390 g/mol. The minimum absolute atomic E-state index is 0.213. The van der Waals surface area contributed by atoms with Crippen LogP contribution in [-0.4, -0.2) is 39.7 Å². The van der Waals surface area contributed by atoms with E-state index >= 15 is 0 Å². The predicted octanol–water partition coefficient (Wildman–Crippen LogP) is 2.66. The van der Waals surface area contributed by atoms with Crippen molar-refractivity contribution in [3.63, 3.8) is 0 Å². The SMILES string of the molecule is CCOC(=O)c1ccccc1NC(=O)CCS(=O)(=O)N(C)c1ccccc1. The molecule has 0 saturated heterocycles. The summed E-state index contributed by atoms with van der Waals surface area (Å²) in [7, 11) is -2.21. The van der Waals surface area contributed by atoms with E-state index in [-0.39, 0.29) is 30.0 Å². The number of hydrogen-bond acceptors (Lipinski definition) is 5. The largest absolute Gasteiger partial charge is 0.462 e. The molecule has 0 aliphatic heterocycles. The number of anilines is 2. The fourth-order valence-electron chi connectivity index (χ4n) is 2.35. The number of sulfonamides is 1. The summed E-state index contributed by atoms with van der Waals surface area (Å²) in [4.78, 5) is 24.1. The second kappa shape index (κ2) is 9.18. The molecule has 0 spiro atoms. The summed E-state index contributed by atoms with van der Waals surface area (Å²) in [5, 5.41) is 2.58. The molecule has 0 unspecified atom stereocenters. The minimum Gasteiger partial charge on any atom is -0.462 e. The summed E-state index contributed by atoms with van der Waals surface area (Å²) < 4.78 is 30.9. The number of carbonyl (C=O) groups is 2. The molecule has 0 aliphatic rings. The van der Waals surface area contributed by atoms with Gasteiger partial charge in [-0.2, -0.15) is 0 Å². The van der Waals surface area contributed by atoms with Crippen molar-refractivity contribution >= 4 is 33.3 Å². The van der Waals surface area contributed by atoms with Crippen molar-refractivity contribution in [1.29, 1.82) is 0 Å². The number of hydrogen-bond donors (Lipinski definition) is 1. The molecule has 0 radical (unpaired) electrons. The van der Waals surface area contributed by atoms with E-state index in [4.69, 9.17) is 4.74 Å². The van der Waals surface area contributed by atoms with Crippen LogP contribution in [-0.2, 0) is 19.6 Å². The molecule has 2 aromatic rings. The fourth-order valence-corrected chi connectivity index (χ4v) is 3.51. The molecule has 27 heavy (non-hydrogen) atoms. The Kier molecular flexibility index (Phi) is 6.95. The van der Waals surface area contributed by atoms with Crippen LogP contribution in [0.5, 0.6) is 0 Å². The van der Waals surface area contributed by atoms with Gasteiger partial charge in [-0.3, -0.25) is 9.10 Å². The van der Waals surface area contributed by atoms with Gasteiger partial charge in [-0.25, -0.2) is 13.2 Å². The molecule has 0 aliphatic carbocycles. The maximum absolute atomic E-state index is 12.4. The molecule has 8 heteroatoms. The number of nitrogens with one attached hydrogen (secondary N) is 1. The molecule has 7 nitrogen and oxygen atoms in total. The molecule has 0 fully saturated rings. The first-order valence-corrected chi connectivity index (χ1v) is 10.0. The summed E-state index contributed by atoms with van der Waals surface area (Å²) in [6.45, 7) is 1.90. The molecule has 1 amide bonds. The van der Waals surface area contributed by atoms with E-state index in [1.54, 1.807) is 55.5 Å². The van der Waals surface area contributed by atoms with Crippen molar-refractivity contribution in [3.8, 4) is 0 Å². The number of rotatable bonds is 8. The summed E-state index contributed by atoms with van der Waals surface area (Å²) in [5.74, 6) is -1.41. The molecular weight excluding hydrogens is 368 g/mol. The molecule has 1 N–H and O–H groups in total. The van der Waals surface area contributed by atoms with Gasteiger partial charge in [-0.05, 0) is 31.2 Å². The molecule has 144 valence electrons. The Hall–Kier alpha value is -2.87. The van der Waals surface area contributed by atoms with Crippen LogP contribution in [0.3, 0.4) is 0 Å². The predicted molar refractivity (Wildman–Crippen MR) is 104 cm³/mol. The number of nitrogens with zero attached hydrogens (tertiary/aromatic N) is 1. The van der Waals surface area contributed by atoms with Crippen molar-refractivity contribution in [2.75, 3.05) is 29.0 Å². The number of para-hydroxylation sites is 2. The average molecular weight is 390 g/mol. The summed E-state index contributed by atoms with van der Waals surface area (Å²) in [6.07, 6.45) is -0.239. The van der Waals surface area contributed by atoms with Gasteiger partial charge in [0.2, 0.25) is 15.9 Å². The van der Waals surface area contributed by atoms with Crippen molar-refractivity contribution in [1.82, 2.24) is 0 Å². The first-order chi connectivity index (χ1) is 12.8. The van der Waals surface area contributed by atoms with Gasteiger partial charge in [0.1, 0.15) is 0 Å². The van der Waals surface area contributed by atoms with Crippen LogP contribution in [0.4, 0.5) is 11.4 Å². The van der Waals surface area contributed by atoms with Gasteiger partial charge < -0.3 is 10.1 Å². The van der Waals surface area contributed by atoms with E-state index in [0.29, 0.717) is 5.69 Å². The van der Waals surface area contributed by atoms with Crippen molar-refractivity contribution in [2.45, 2.75) is 13.3 Å². The highest BCUT2D eigenvalue weighted by molar-refractivity contribution is 7.92. The molecular formula is C19H22N2O5S. The fraction of sp³-hybridized carbons (Fsp3) is 0.263. The Morgan fingerprint density at radius 3 is 2.33 bits per heavy atom. The zero-order chi connectivity index (χ0) is 19.9. The Morgan fingerprint density at radius 2 is 1.67 bits per heavy atom. The normalized spacial score (nSPS) is 10.9. The van der Waals surface area contributed by atoms with Crippen molar-refractivity contribution in [2.24, 2.45) is 0 Å². The summed E-state index contributed by atoms with van der Waals surface area (Å²) in [6, 6.07) is 15.0. The third-order valence-electron chi connectivity index (χ3n) is 3.82. The highest BCUT2D eigenvalue weighted by Gasteiger charge is 2.21. The topological polar surface area (TPSA) is 92.8 Å². The highest BCUT2D eigenvalue weighted by Crippen LogP contribution is 2.18. The first kappa shape index (κ1) is 20.4. The zero-order valence-corrected chi connectivity index (χ0v) is 16.0. The van der Waals surface area contributed by atoms with E-state index < -0.39 is 21.9 Å². The van der Waals surface area contributed by atoms with Crippen LogP contribution in [0.15, 0.2) is 54.6 Å². The Labute approximate surface area is 159 Å². The lowest BCUT2D eigenvalue weighted by Gasteiger charge is -2.19. The van der Waals surface area contributed by atoms with Crippen LogP contribution >= 0.6 is 0 Å². The van der Waals surface area contributed by atoms with Gasteiger partial charge in [0.25, 0.3) is 0 Å². The van der Waals surface area contributed by atoms with Gasteiger partial charge in [0.15, 0.2) is 0 Å². The number of benzene rings is 2. The smallest absolute Gasteiger partial charge is 0.340 e. The maximum Gasteiger partial charge on any atom is 0.340 e. The number of amides is 1. The summed E-state index contributed by atoms with van der Waals surface area (Å²) in [5.41, 5.74) is 1.03. The quantitative estimate of drug-likeness (QED) is 0.700. The molecule has 0 saturated carbocycles. The second-order valence-electron chi connectivity index (χ2n) is 5.68. The minimum atomic E-state index is -3.65. The lowest BCUT2D eigenvalue weighted by atomic mass is 10.1. The van der Waals surface area contributed by atoms with Crippen LogP contribution in [0.25, 0.3) is 0 Å². The third kappa shape index (κ3) is 5.55. The van der Waals surface area contributed by atoms with Crippen LogP contribution in [0.2, 0.25) is 0 Å². The molecule has 0 bridgehead atoms.